The van der Waals surface area contributed by atoms with Gasteiger partial charge in [0.1, 0.15) is 0 Å². The third-order valence-electron chi connectivity index (χ3n) is 3.20. The first-order chi connectivity index (χ1) is 8.54. The van der Waals surface area contributed by atoms with Crippen molar-refractivity contribution < 1.29 is 14.3 Å². The molecule has 1 aromatic carbocycles. The first-order valence-corrected chi connectivity index (χ1v) is 5.71. The minimum absolute atomic E-state index is 0.113. The largest absolute Gasteiger partial charge is 0.465 e. The average Bonchev–Trinajstić information content (AvgIpc) is 2.41. The van der Waals surface area contributed by atoms with E-state index in [-0.39, 0.29) is 5.91 Å². The van der Waals surface area contributed by atoms with Crippen molar-refractivity contribution in [3.8, 4) is 0 Å². The van der Waals surface area contributed by atoms with Crippen LogP contribution in [0.4, 0.5) is 5.69 Å². The van der Waals surface area contributed by atoms with Crippen LogP contribution in [0.25, 0.3) is 5.57 Å². The molecule has 4 nitrogen and oxygen atoms in total. The van der Waals surface area contributed by atoms with E-state index >= 15 is 0 Å². The molecule has 0 aliphatic carbocycles. The van der Waals surface area contributed by atoms with E-state index in [1.807, 2.05) is 12.1 Å². The Kier molecular flexibility index (Phi) is 3.19. The van der Waals surface area contributed by atoms with E-state index in [9.17, 15) is 9.59 Å². The van der Waals surface area contributed by atoms with Crippen LogP contribution in [-0.2, 0) is 20.7 Å². The lowest BCUT2D eigenvalue weighted by atomic mass is 9.96. The van der Waals surface area contributed by atoms with Gasteiger partial charge in [-0.25, -0.2) is 4.79 Å². The molecular weight excluding hydrogens is 230 g/mol. The van der Waals surface area contributed by atoms with Gasteiger partial charge in [0.05, 0.1) is 12.7 Å². The monoisotopic (exact) mass is 245 g/mol. The Morgan fingerprint density at radius 2 is 2.11 bits per heavy atom. The first kappa shape index (κ1) is 12.4. The lowest BCUT2D eigenvalue weighted by Crippen LogP contribution is -2.31. The molecule has 2 rings (SSSR count). The van der Waals surface area contributed by atoms with Crippen molar-refractivity contribution in [2.45, 2.75) is 12.8 Å². The number of benzene rings is 1. The van der Waals surface area contributed by atoms with E-state index in [1.54, 1.807) is 18.0 Å². The van der Waals surface area contributed by atoms with Gasteiger partial charge in [-0.1, -0.05) is 12.6 Å². The zero-order valence-electron chi connectivity index (χ0n) is 10.5. The number of fused-ring (bicyclic) bond motifs is 1. The van der Waals surface area contributed by atoms with E-state index in [0.717, 1.165) is 16.8 Å². The summed E-state index contributed by atoms with van der Waals surface area (Å²) in [6.45, 7) is 3.72. The van der Waals surface area contributed by atoms with Crippen LogP contribution in [0.1, 0.15) is 17.5 Å². The van der Waals surface area contributed by atoms with E-state index in [2.05, 4.69) is 11.3 Å². The summed E-state index contributed by atoms with van der Waals surface area (Å²) in [5, 5.41) is 0. The minimum Gasteiger partial charge on any atom is -0.465 e. The molecule has 0 radical (unpaired) electrons. The molecule has 0 bridgehead atoms. The zero-order chi connectivity index (χ0) is 13.3. The highest BCUT2D eigenvalue weighted by Crippen LogP contribution is 2.29. The number of anilines is 1. The maximum Gasteiger partial charge on any atom is 0.337 e. The number of amides is 1. The van der Waals surface area contributed by atoms with E-state index in [1.165, 1.54) is 7.11 Å². The highest BCUT2D eigenvalue weighted by atomic mass is 16.5. The van der Waals surface area contributed by atoms with Crippen molar-refractivity contribution in [1.82, 2.24) is 0 Å². The quantitative estimate of drug-likeness (QED) is 0.589. The molecule has 1 amide bonds. The molecule has 0 spiro atoms. The van der Waals surface area contributed by atoms with Gasteiger partial charge in [0, 0.05) is 19.2 Å². The predicted octanol–water partition coefficient (Wildman–Crippen LogP) is 1.78. The molecular formula is C14H15NO3. The number of methoxy groups -OCH3 is 1. The molecule has 0 N–H and O–H groups in total. The fourth-order valence-electron chi connectivity index (χ4n) is 2.09. The van der Waals surface area contributed by atoms with Crippen molar-refractivity contribution in [3.05, 3.63) is 35.9 Å². The third kappa shape index (κ3) is 2.01. The molecule has 18 heavy (non-hydrogen) atoms. The molecule has 1 aliphatic rings. The third-order valence-corrected chi connectivity index (χ3v) is 3.20. The number of nitrogens with zero attached hydrogens (tertiary/aromatic N) is 1. The van der Waals surface area contributed by atoms with Gasteiger partial charge in [-0.3, -0.25) is 4.79 Å². The Hall–Kier alpha value is -2.10. The number of rotatable bonds is 2. The molecule has 1 aliphatic heterocycles. The van der Waals surface area contributed by atoms with Gasteiger partial charge in [0.2, 0.25) is 5.91 Å². The lowest BCUT2D eigenvalue weighted by Gasteiger charge is -2.26. The van der Waals surface area contributed by atoms with Crippen LogP contribution < -0.4 is 4.90 Å². The SMILES string of the molecule is C=C(C(=O)OC)c1ccc2c(c1)CCC(=O)N2C. The lowest BCUT2D eigenvalue weighted by molar-refractivity contribution is -0.133. The Balaban J connectivity index is 2.37. The van der Waals surface area contributed by atoms with Crippen LogP contribution in [0.2, 0.25) is 0 Å². The minimum atomic E-state index is -0.435. The van der Waals surface area contributed by atoms with Crippen LogP contribution in [0.5, 0.6) is 0 Å². The predicted molar refractivity (Wildman–Crippen MR) is 69.2 cm³/mol. The topological polar surface area (TPSA) is 46.6 Å². The Morgan fingerprint density at radius 3 is 2.78 bits per heavy atom. The van der Waals surface area contributed by atoms with Gasteiger partial charge in [-0.05, 0) is 29.7 Å². The normalized spacial score (nSPS) is 14.1. The van der Waals surface area contributed by atoms with Gasteiger partial charge < -0.3 is 9.64 Å². The smallest absolute Gasteiger partial charge is 0.337 e. The van der Waals surface area contributed by atoms with E-state index < -0.39 is 5.97 Å². The summed E-state index contributed by atoms with van der Waals surface area (Å²) in [5.74, 6) is -0.322. The second-order valence-corrected chi connectivity index (χ2v) is 4.27. The fraction of sp³-hybridized carbons (Fsp3) is 0.286. The number of hydrogen-bond acceptors (Lipinski definition) is 3. The van der Waals surface area contributed by atoms with Crippen molar-refractivity contribution in [2.24, 2.45) is 0 Å². The second-order valence-electron chi connectivity index (χ2n) is 4.27. The summed E-state index contributed by atoms with van der Waals surface area (Å²) in [5.41, 5.74) is 3.02. The van der Waals surface area contributed by atoms with Gasteiger partial charge in [-0.2, -0.15) is 0 Å². The van der Waals surface area contributed by atoms with E-state index in [4.69, 9.17) is 0 Å². The van der Waals surface area contributed by atoms with Gasteiger partial charge >= 0.3 is 5.97 Å². The highest BCUT2D eigenvalue weighted by Gasteiger charge is 2.21. The maximum absolute atomic E-state index is 11.6. The molecule has 0 atom stereocenters. The molecule has 0 fully saturated rings. The Labute approximate surface area is 106 Å². The van der Waals surface area contributed by atoms with Crippen molar-refractivity contribution >= 4 is 23.1 Å². The van der Waals surface area contributed by atoms with Crippen molar-refractivity contribution in [3.63, 3.8) is 0 Å². The molecule has 94 valence electrons. The summed E-state index contributed by atoms with van der Waals surface area (Å²) in [7, 11) is 3.09. The van der Waals surface area contributed by atoms with Crippen molar-refractivity contribution in [1.29, 1.82) is 0 Å². The van der Waals surface area contributed by atoms with Gasteiger partial charge in [0.15, 0.2) is 0 Å². The number of hydrogen-bond donors (Lipinski definition) is 0. The molecule has 0 saturated heterocycles. The number of carbonyl (C=O) groups excluding carboxylic acids is 2. The molecule has 1 aromatic rings. The molecule has 0 unspecified atom stereocenters. The van der Waals surface area contributed by atoms with Crippen LogP contribution >= 0.6 is 0 Å². The Morgan fingerprint density at radius 1 is 1.39 bits per heavy atom. The number of aryl methyl sites for hydroxylation is 1. The number of carbonyl (C=O) groups is 2. The van der Waals surface area contributed by atoms with Gasteiger partial charge in [-0.15, -0.1) is 0 Å². The summed E-state index contributed by atoms with van der Waals surface area (Å²) >= 11 is 0. The van der Waals surface area contributed by atoms with Gasteiger partial charge in [0.25, 0.3) is 0 Å². The Bertz CT molecular complexity index is 534. The van der Waals surface area contributed by atoms with Crippen LogP contribution in [-0.4, -0.2) is 26.0 Å². The number of esters is 1. The average molecular weight is 245 g/mol. The summed E-state index contributed by atoms with van der Waals surface area (Å²) in [6, 6.07) is 5.53. The van der Waals surface area contributed by atoms with Crippen LogP contribution in [0.15, 0.2) is 24.8 Å². The summed E-state index contributed by atoms with van der Waals surface area (Å²) in [4.78, 5) is 24.6. The van der Waals surface area contributed by atoms with Crippen molar-refractivity contribution in [2.75, 3.05) is 19.1 Å². The van der Waals surface area contributed by atoms with Crippen LogP contribution in [0, 0.1) is 0 Å². The number of ether oxygens (including phenoxy) is 1. The molecule has 0 aromatic heterocycles. The molecule has 1 heterocycles. The first-order valence-electron chi connectivity index (χ1n) is 5.71. The fourth-order valence-corrected chi connectivity index (χ4v) is 2.09. The molecule has 0 saturated carbocycles. The molecule has 4 heteroatoms. The van der Waals surface area contributed by atoms with Crippen LogP contribution in [0.3, 0.4) is 0 Å². The maximum atomic E-state index is 11.6. The zero-order valence-corrected chi connectivity index (χ0v) is 10.5. The van der Waals surface area contributed by atoms with E-state index in [0.29, 0.717) is 18.4 Å². The summed E-state index contributed by atoms with van der Waals surface area (Å²) < 4.78 is 4.65. The second kappa shape index (κ2) is 4.64. The standard InChI is InChI=1S/C14H15NO3/c1-9(14(17)18-3)10-4-6-12-11(8-10)5-7-13(16)15(12)2/h4,6,8H,1,5,7H2,2-3H3. The summed E-state index contributed by atoms with van der Waals surface area (Å²) in [6.07, 6.45) is 1.19. The highest BCUT2D eigenvalue weighted by molar-refractivity contribution is 6.15.